The highest BCUT2D eigenvalue weighted by atomic mass is 19.1. The van der Waals surface area contributed by atoms with E-state index in [0.717, 1.165) is 11.1 Å². The molecule has 0 radical (unpaired) electrons. The predicted octanol–water partition coefficient (Wildman–Crippen LogP) is 5.97. The van der Waals surface area contributed by atoms with Crippen molar-refractivity contribution in [3.8, 4) is 34.4 Å². The molecule has 0 bridgehead atoms. The Hall–Kier alpha value is -4.85. The summed E-state index contributed by atoms with van der Waals surface area (Å²) in [5, 5.41) is 11.1. The molecule has 1 amide bonds. The number of rotatable bonds is 7. The lowest BCUT2D eigenvalue weighted by Gasteiger charge is -2.09. The van der Waals surface area contributed by atoms with E-state index in [1.165, 1.54) is 18.3 Å². The van der Waals surface area contributed by atoms with Crippen molar-refractivity contribution in [1.82, 2.24) is 20.5 Å². The number of ether oxygens (including phenoxy) is 1. The molecule has 8 heteroatoms. The SMILES string of the molecule is Cc1ccccc1-c1nnc(-c2ccc(C(=O)NCc3ccc(Oc4cccnc4)c(F)c3)cc2)o1. The molecule has 0 spiro atoms. The first-order valence-corrected chi connectivity index (χ1v) is 11.2. The summed E-state index contributed by atoms with van der Waals surface area (Å²) in [6.45, 7) is 2.14. The van der Waals surface area contributed by atoms with Gasteiger partial charge in [-0.05, 0) is 72.6 Å². The van der Waals surface area contributed by atoms with Crippen LogP contribution < -0.4 is 10.1 Å². The van der Waals surface area contributed by atoms with Crippen LogP contribution in [0.15, 0.2) is 95.7 Å². The van der Waals surface area contributed by atoms with Gasteiger partial charge < -0.3 is 14.5 Å². The molecule has 0 aliphatic heterocycles. The van der Waals surface area contributed by atoms with E-state index in [1.54, 1.807) is 48.7 Å². The predicted molar refractivity (Wildman–Crippen MR) is 132 cm³/mol. The van der Waals surface area contributed by atoms with Gasteiger partial charge in [0.25, 0.3) is 5.91 Å². The van der Waals surface area contributed by atoms with E-state index in [1.807, 2.05) is 31.2 Å². The molecular weight excluding hydrogens is 459 g/mol. The monoisotopic (exact) mass is 480 g/mol. The lowest BCUT2D eigenvalue weighted by Crippen LogP contribution is -2.22. The molecule has 0 fully saturated rings. The maximum Gasteiger partial charge on any atom is 0.251 e. The number of hydrogen-bond donors (Lipinski definition) is 1. The zero-order valence-electron chi connectivity index (χ0n) is 19.3. The number of benzene rings is 3. The first-order valence-electron chi connectivity index (χ1n) is 11.2. The molecule has 0 aliphatic rings. The van der Waals surface area contributed by atoms with Crippen molar-refractivity contribution >= 4 is 5.91 Å². The van der Waals surface area contributed by atoms with Gasteiger partial charge in [0.1, 0.15) is 5.75 Å². The molecule has 0 saturated carbocycles. The number of carbonyl (C=O) groups excluding carboxylic acids is 1. The molecule has 3 aromatic carbocycles. The Morgan fingerprint density at radius 2 is 1.78 bits per heavy atom. The smallest absolute Gasteiger partial charge is 0.251 e. The number of hydrogen-bond acceptors (Lipinski definition) is 6. The first-order chi connectivity index (χ1) is 17.6. The minimum Gasteiger partial charge on any atom is -0.453 e. The molecule has 178 valence electrons. The molecule has 0 unspecified atom stereocenters. The molecular formula is C28H21FN4O3. The van der Waals surface area contributed by atoms with Crippen molar-refractivity contribution in [1.29, 1.82) is 0 Å². The highest BCUT2D eigenvalue weighted by Crippen LogP contribution is 2.27. The molecule has 0 aliphatic carbocycles. The zero-order valence-corrected chi connectivity index (χ0v) is 19.3. The van der Waals surface area contributed by atoms with Crippen molar-refractivity contribution in [2.45, 2.75) is 13.5 Å². The summed E-state index contributed by atoms with van der Waals surface area (Å²) in [6, 6.07) is 22.5. The van der Waals surface area contributed by atoms with Gasteiger partial charge in [-0.2, -0.15) is 0 Å². The van der Waals surface area contributed by atoms with E-state index in [0.29, 0.717) is 34.2 Å². The quantitative estimate of drug-likeness (QED) is 0.309. The third-order valence-corrected chi connectivity index (χ3v) is 5.51. The van der Waals surface area contributed by atoms with Crippen molar-refractivity contribution in [2.24, 2.45) is 0 Å². The van der Waals surface area contributed by atoms with Crippen molar-refractivity contribution in [2.75, 3.05) is 0 Å². The summed E-state index contributed by atoms with van der Waals surface area (Å²) in [6.07, 6.45) is 3.11. The van der Waals surface area contributed by atoms with Crippen LogP contribution in [0.1, 0.15) is 21.5 Å². The minimum atomic E-state index is -0.528. The van der Waals surface area contributed by atoms with Gasteiger partial charge in [-0.1, -0.05) is 24.3 Å². The van der Waals surface area contributed by atoms with E-state index >= 15 is 0 Å². The lowest BCUT2D eigenvalue weighted by atomic mass is 10.1. The van der Waals surface area contributed by atoms with Crippen LogP contribution >= 0.6 is 0 Å². The van der Waals surface area contributed by atoms with E-state index < -0.39 is 5.82 Å². The molecule has 1 N–H and O–H groups in total. The second-order valence-corrected chi connectivity index (χ2v) is 8.04. The van der Waals surface area contributed by atoms with E-state index in [-0.39, 0.29) is 18.2 Å². The van der Waals surface area contributed by atoms with Crippen LogP contribution in [-0.4, -0.2) is 21.1 Å². The molecule has 0 saturated heterocycles. The molecule has 0 atom stereocenters. The number of halogens is 1. The fraction of sp³-hybridized carbons (Fsp3) is 0.0714. The molecule has 5 rings (SSSR count). The van der Waals surface area contributed by atoms with Crippen LogP contribution in [-0.2, 0) is 6.54 Å². The van der Waals surface area contributed by atoms with Gasteiger partial charge in [0.15, 0.2) is 11.6 Å². The Kier molecular flexibility index (Phi) is 6.48. The number of carbonyl (C=O) groups is 1. The minimum absolute atomic E-state index is 0.0836. The van der Waals surface area contributed by atoms with Crippen LogP contribution in [0.4, 0.5) is 4.39 Å². The van der Waals surface area contributed by atoms with Crippen LogP contribution in [0.25, 0.3) is 22.9 Å². The van der Waals surface area contributed by atoms with Crippen molar-refractivity contribution in [3.63, 3.8) is 0 Å². The van der Waals surface area contributed by atoms with Crippen LogP contribution in [0.2, 0.25) is 0 Å². The molecule has 7 nitrogen and oxygen atoms in total. The molecule has 2 heterocycles. The molecule has 36 heavy (non-hydrogen) atoms. The highest BCUT2D eigenvalue weighted by molar-refractivity contribution is 5.94. The van der Waals surface area contributed by atoms with E-state index in [4.69, 9.17) is 9.15 Å². The topological polar surface area (TPSA) is 90.1 Å². The maximum atomic E-state index is 14.4. The Morgan fingerprint density at radius 1 is 0.972 bits per heavy atom. The maximum absolute atomic E-state index is 14.4. The third kappa shape index (κ3) is 5.12. The van der Waals surface area contributed by atoms with Gasteiger partial charge >= 0.3 is 0 Å². The molecule has 2 aromatic heterocycles. The average molecular weight is 480 g/mol. The normalized spacial score (nSPS) is 10.7. The first kappa shape index (κ1) is 22.9. The fourth-order valence-electron chi connectivity index (χ4n) is 3.58. The number of pyridine rings is 1. The Morgan fingerprint density at radius 3 is 2.53 bits per heavy atom. The van der Waals surface area contributed by atoms with Gasteiger partial charge in [-0.15, -0.1) is 10.2 Å². The highest BCUT2D eigenvalue weighted by Gasteiger charge is 2.13. The Bertz CT molecular complexity index is 1500. The van der Waals surface area contributed by atoms with Crippen LogP contribution in [0, 0.1) is 12.7 Å². The third-order valence-electron chi connectivity index (χ3n) is 5.51. The number of amides is 1. The lowest BCUT2D eigenvalue weighted by molar-refractivity contribution is 0.0951. The Balaban J connectivity index is 1.21. The Labute approximate surface area is 206 Å². The summed E-state index contributed by atoms with van der Waals surface area (Å²) in [5.74, 6) is 0.509. The summed E-state index contributed by atoms with van der Waals surface area (Å²) in [5.41, 5.74) is 3.67. The number of nitrogens with zero attached hydrogens (tertiary/aromatic N) is 3. The average Bonchev–Trinajstić information content (AvgIpc) is 3.40. The summed E-state index contributed by atoms with van der Waals surface area (Å²) in [7, 11) is 0. The largest absolute Gasteiger partial charge is 0.453 e. The molecule has 5 aromatic rings. The fourth-order valence-corrected chi connectivity index (χ4v) is 3.58. The van der Waals surface area contributed by atoms with Gasteiger partial charge in [-0.25, -0.2) is 4.39 Å². The second-order valence-electron chi connectivity index (χ2n) is 8.04. The zero-order chi connectivity index (χ0) is 24.9. The van der Waals surface area contributed by atoms with Gasteiger partial charge in [0, 0.05) is 29.4 Å². The second kappa shape index (κ2) is 10.2. The van der Waals surface area contributed by atoms with Crippen molar-refractivity contribution in [3.05, 3.63) is 114 Å². The van der Waals surface area contributed by atoms with Gasteiger partial charge in [-0.3, -0.25) is 9.78 Å². The van der Waals surface area contributed by atoms with Crippen LogP contribution in [0.5, 0.6) is 11.5 Å². The van der Waals surface area contributed by atoms with Gasteiger partial charge in [0.05, 0.1) is 6.20 Å². The van der Waals surface area contributed by atoms with Gasteiger partial charge in [0.2, 0.25) is 11.8 Å². The van der Waals surface area contributed by atoms with Crippen molar-refractivity contribution < 1.29 is 18.3 Å². The van der Waals surface area contributed by atoms with E-state index in [9.17, 15) is 9.18 Å². The summed E-state index contributed by atoms with van der Waals surface area (Å²) >= 11 is 0. The van der Waals surface area contributed by atoms with E-state index in [2.05, 4.69) is 20.5 Å². The number of aromatic nitrogens is 3. The number of aryl methyl sites for hydroxylation is 1. The standard InChI is InChI=1S/C28H21FN4O3/c1-18-5-2-3-7-23(18)28-33-32-27(36-28)21-11-9-20(10-12-21)26(34)31-16-19-8-13-25(24(29)15-19)35-22-6-4-14-30-17-22/h2-15,17H,16H2,1H3,(H,31,34). The van der Waals surface area contributed by atoms with Crippen LogP contribution in [0.3, 0.4) is 0 Å². The summed E-state index contributed by atoms with van der Waals surface area (Å²) < 4.78 is 25.8. The summed E-state index contributed by atoms with van der Waals surface area (Å²) in [4.78, 5) is 16.5. The number of nitrogens with one attached hydrogen (secondary N) is 1.